The highest BCUT2D eigenvalue weighted by Gasteiger charge is 2.36. The highest BCUT2D eigenvalue weighted by Crippen LogP contribution is 2.25. The minimum absolute atomic E-state index is 0.0125. The van der Waals surface area contributed by atoms with Crippen molar-refractivity contribution in [2.45, 2.75) is 44.2 Å². The lowest BCUT2D eigenvalue weighted by Crippen LogP contribution is -2.69. The number of rotatable bonds is 5. The highest BCUT2D eigenvalue weighted by molar-refractivity contribution is 5.85. The van der Waals surface area contributed by atoms with E-state index in [1.165, 1.54) is 4.90 Å². The van der Waals surface area contributed by atoms with Gasteiger partial charge in [-0.25, -0.2) is 0 Å². The van der Waals surface area contributed by atoms with Gasteiger partial charge in [0.1, 0.15) is 0 Å². The Hall–Kier alpha value is -2.41. The molecule has 7 nitrogen and oxygen atoms in total. The molecule has 1 aromatic carbocycles. The molecule has 3 N–H and O–H groups in total. The molecule has 0 spiro atoms. The molecule has 2 heterocycles. The summed E-state index contributed by atoms with van der Waals surface area (Å²) in [7, 11) is 0. The molecule has 2 atom stereocenters. The zero-order valence-electron chi connectivity index (χ0n) is 15.5. The molecular formula is C20H27N3O4. The fourth-order valence-electron chi connectivity index (χ4n) is 4.10. The summed E-state index contributed by atoms with van der Waals surface area (Å²) in [5.41, 5.74) is 5.10. The van der Waals surface area contributed by atoms with Gasteiger partial charge in [0.15, 0.2) is 6.04 Å². The van der Waals surface area contributed by atoms with Crippen LogP contribution in [0, 0.1) is 5.92 Å². The van der Waals surface area contributed by atoms with E-state index in [2.05, 4.69) is 5.73 Å². The van der Waals surface area contributed by atoms with E-state index in [-0.39, 0.29) is 23.8 Å². The number of benzene rings is 1. The van der Waals surface area contributed by atoms with Gasteiger partial charge in [0.05, 0.1) is 12.0 Å². The Kier molecular flexibility index (Phi) is 6.11. The van der Waals surface area contributed by atoms with Gasteiger partial charge in [-0.1, -0.05) is 30.3 Å². The predicted octanol–water partition coefficient (Wildman–Crippen LogP) is -1.18. The molecule has 2 aliphatic rings. The first-order valence-corrected chi connectivity index (χ1v) is 9.64. The Bertz CT molecular complexity index is 686. The number of amides is 2. The SMILES string of the molecule is [NH3+][C@@H](Cc1ccccc1)C(=O)N1CCC(C(=O)N2CCC[C@@H]2C(=O)[O-])CC1. The maximum atomic E-state index is 12.7. The first kappa shape index (κ1) is 19.4. The van der Waals surface area contributed by atoms with E-state index < -0.39 is 12.0 Å². The summed E-state index contributed by atoms with van der Waals surface area (Å²) in [4.78, 5) is 39.8. The molecule has 0 aromatic heterocycles. The van der Waals surface area contributed by atoms with Crippen molar-refractivity contribution in [3.8, 4) is 0 Å². The molecule has 7 heteroatoms. The van der Waals surface area contributed by atoms with Crippen LogP contribution in [0.5, 0.6) is 0 Å². The van der Waals surface area contributed by atoms with Crippen molar-refractivity contribution in [3.63, 3.8) is 0 Å². The lowest BCUT2D eigenvalue weighted by Gasteiger charge is -2.35. The monoisotopic (exact) mass is 373 g/mol. The molecule has 2 saturated heterocycles. The number of piperidine rings is 1. The number of carbonyl (C=O) groups is 3. The van der Waals surface area contributed by atoms with Crippen LogP contribution in [-0.4, -0.2) is 59.3 Å². The summed E-state index contributed by atoms with van der Waals surface area (Å²) in [6, 6.07) is 8.66. The van der Waals surface area contributed by atoms with Gasteiger partial charge in [0.2, 0.25) is 5.91 Å². The van der Waals surface area contributed by atoms with Crippen LogP contribution in [-0.2, 0) is 20.8 Å². The summed E-state index contributed by atoms with van der Waals surface area (Å²) in [5, 5.41) is 11.2. The third kappa shape index (κ3) is 4.47. The Morgan fingerprint density at radius 1 is 1.07 bits per heavy atom. The standard InChI is InChI=1S/C20H27N3O4/c21-16(13-14-5-2-1-3-6-14)19(25)22-11-8-15(9-12-22)18(24)23-10-4-7-17(23)20(26)27/h1-3,5-6,15-17H,4,7-13,21H2,(H,26,27)/t16-,17+/m0/s1. The quantitative estimate of drug-likeness (QED) is 0.701. The van der Waals surface area contributed by atoms with Crippen LogP contribution >= 0.6 is 0 Å². The zero-order chi connectivity index (χ0) is 19.4. The average molecular weight is 373 g/mol. The second-order valence-electron chi connectivity index (χ2n) is 7.49. The van der Waals surface area contributed by atoms with Crippen molar-refractivity contribution in [3.05, 3.63) is 35.9 Å². The largest absolute Gasteiger partial charge is 0.548 e. The number of likely N-dealkylation sites (tertiary alicyclic amines) is 2. The number of carboxylic acid groups (broad SMARTS) is 1. The third-order valence-electron chi connectivity index (χ3n) is 5.64. The highest BCUT2D eigenvalue weighted by atomic mass is 16.4. The molecule has 2 aliphatic heterocycles. The van der Waals surface area contributed by atoms with E-state index in [4.69, 9.17) is 0 Å². The summed E-state index contributed by atoms with van der Waals surface area (Å²) in [6.07, 6.45) is 2.90. The molecule has 146 valence electrons. The van der Waals surface area contributed by atoms with Gasteiger partial charge < -0.3 is 25.4 Å². The van der Waals surface area contributed by atoms with E-state index >= 15 is 0 Å². The van der Waals surface area contributed by atoms with Crippen LogP contribution in [0.1, 0.15) is 31.2 Å². The molecule has 2 amide bonds. The van der Waals surface area contributed by atoms with Crippen molar-refractivity contribution in [1.82, 2.24) is 9.80 Å². The van der Waals surface area contributed by atoms with Crippen LogP contribution in [0.2, 0.25) is 0 Å². The minimum Gasteiger partial charge on any atom is -0.548 e. The molecule has 1 aromatic rings. The number of aliphatic carboxylic acids is 1. The van der Waals surface area contributed by atoms with Crippen molar-refractivity contribution >= 4 is 17.8 Å². The fourth-order valence-corrected chi connectivity index (χ4v) is 4.10. The van der Waals surface area contributed by atoms with Gasteiger partial charge in [0, 0.05) is 32.0 Å². The van der Waals surface area contributed by atoms with E-state index in [1.807, 2.05) is 30.3 Å². The first-order valence-electron chi connectivity index (χ1n) is 9.64. The number of nitrogens with zero attached hydrogens (tertiary/aromatic N) is 2. The number of hydrogen-bond acceptors (Lipinski definition) is 4. The number of carbonyl (C=O) groups excluding carboxylic acids is 3. The Balaban J connectivity index is 1.51. The van der Waals surface area contributed by atoms with Crippen LogP contribution in [0.4, 0.5) is 0 Å². The first-order chi connectivity index (χ1) is 13.0. The van der Waals surface area contributed by atoms with Gasteiger partial charge in [-0.3, -0.25) is 9.59 Å². The second-order valence-corrected chi connectivity index (χ2v) is 7.49. The van der Waals surface area contributed by atoms with Crippen molar-refractivity contribution in [2.75, 3.05) is 19.6 Å². The van der Waals surface area contributed by atoms with E-state index in [0.717, 1.165) is 5.56 Å². The van der Waals surface area contributed by atoms with E-state index in [0.29, 0.717) is 51.7 Å². The average Bonchev–Trinajstić information content (AvgIpc) is 3.18. The lowest BCUT2D eigenvalue weighted by molar-refractivity contribution is -0.405. The fraction of sp³-hybridized carbons (Fsp3) is 0.550. The van der Waals surface area contributed by atoms with Gasteiger partial charge in [-0.2, -0.15) is 0 Å². The van der Waals surface area contributed by atoms with Gasteiger partial charge >= 0.3 is 0 Å². The predicted molar refractivity (Wildman–Crippen MR) is 95.9 cm³/mol. The molecule has 0 saturated carbocycles. The smallest absolute Gasteiger partial charge is 0.281 e. The number of hydrogen-bond donors (Lipinski definition) is 1. The zero-order valence-corrected chi connectivity index (χ0v) is 15.5. The molecule has 0 unspecified atom stereocenters. The molecular weight excluding hydrogens is 346 g/mol. The van der Waals surface area contributed by atoms with Crippen LogP contribution in [0.15, 0.2) is 30.3 Å². The van der Waals surface area contributed by atoms with Crippen LogP contribution < -0.4 is 10.8 Å². The van der Waals surface area contributed by atoms with Gasteiger partial charge in [0.25, 0.3) is 5.91 Å². The summed E-state index contributed by atoms with van der Waals surface area (Å²) in [6.45, 7) is 1.51. The maximum absolute atomic E-state index is 12.7. The van der Waals surface area contributed by atoms with Crippen molar-refractivity contribution in [2.24, 2.45) is 5.92 Å². The summed E-state index contributed by atoms with van der Waals surface area (Å²) < 4.78 is 0. The topological polar surface area (TPSA) is 108 Å². The maximum Gasteiger partial charge on any atom is 0.281 e. The normalized spacial score (nSPS) is 21.9. The van der Waals surface area contributed by atoms with E-state index in [9.17, 15) is 19.5 Å². The van der Waals surface area contributed by atoms with Gasteiger partial charge in [-0.05, 0) is 31.2 Å². The molecule has 3 rings (SSSR count). The molecule has 0 bridgehead atoms. The Morgan fingerprint density at radius 3 is 2.37 bits per heavy atom. The van der Waals surface area contributed by atoms with Crippen LogP contribution in [0.25, 0.3) is 0 Å². The number of quaternary nitrogens is 1. The Morgan fingerprint density at radius 2 is 1.74 bits per heavy atom. The summed E-state index contributed by atoms with van der Waals surface area (Å²) >= 11 is 0. The van der Waals surface area contributed by atoms with Crippen LogP contribution in [0.3, 0.4) is 0 Å². The molecule has 2 fully saturated rings. The van der Waals surface area contributed by atoms with E-state index in [1.54, 1.807) is 4.90 Å². The molecule has 0 aliphatic carbocycles. The van der Waals surface area contributed by atoms with Crippen molar-refractivity contribution in [1.29, 1.82) is 0 Å². The summed E-state index contributed by atoms with van der Waals surface area (Å²) in [5.74, 6) is -1.48. The molecule has 0 radical (unpaired) electrons. The molecule has 27 heavy (non-hydrogen) atoms. The van der Waals surface area contributed by atoms with Gasteiger partial charge in [-0.15, -0.1) is 0 Å². The lowest BCUT2D eigenvalue weighted by atomic mass is 9.94. The third-order valence-corrected chi connectivity index (χ3v) is 5.64. The Labute approximate surface area is 159 Å². The van der Waals surface area contributed by atoms with Crippen molar-refractivity contribution < 1.29 is 25.2 Å². The minimum atomic E-state index is -1.17. The number of carboxylic acids is 1. The second kappa shape index (κ2) is 8.52.